The van der Waals surface area contributed by atoms with Crippen LogP contribution in [0.3, 0.4) is 0 Å². The molecule has 0 saturated carbocycles. The topological polar surface area (TPSA) is 49.9 Å². The van der Waals surface area contributed by atoms with E-state index in [9.17, 15) is 9.59 Å². The van der Waals surface area contributed by atoms with Gasteiger partial charge in [-0.05, 0) is 54.1 Å². The number of imide groups is 1. The number of fused-ring (bicyclic) bond motifs is 1. The molecule has 0 aliphatic carbocycles. The van der Waals surface area contributed by atoms with Gasteiger partial charge in [-0.2, -0.15) is 0 Å². The second kappa shape index (κ2) is 7.95. The second-order valence-corrected chi connectivity index (χ2v) is 9.07. The third kappa shape index (κ3) is 3.44. The Hall–Kier alpha value is -2.38. The number of benzene rings is 3. The molecule has 0 bridgehead atoms. The zero-order valence-electron chi connectivity index (χ0n) is 15.9. The Morgan fingerprint density at radius 3 is 2.23 bits per heavy atom. The quantitative estimate of drug-likeness (QED) is 0.411. The molecule has 2 heterocycles. The van der Waals surface area contributed by atoms with Crippen LogP contribution in [-0.4, -0.2) is 17.9 Å². The minimum atomic E-state index is -0.951. The molecule has 0 spiro atoms. The minimum Gasteiger partial charge on any atom is -0.273 e. The molecule has 2 saturated heterocycles. The molecule has 2 fully saturated rings. The lowest BCUT2D eigenvalue weighted by atomic mass is 9.90. The molecule has 0 unspecified atom stereocenters. The van der Waals surface area contributed by atoms with Crippen LogP contribution in [0.1, 0.15) is 11.6 Å². The van der Waals surface area contributed by atoms with E-state index >= 15 is 0 Å². The molecule has 3 atom stereocenters. The first-order valence-electron chi connectivity index (χ1n) is 9.55. The van der Waals surface area contributed by atoms with E-state index in [4.69, 9.17) is 28.0 Å². The fourth-order valence-corrected chi connectivity index (χ4v) is 4.90. The van der Waals surface area contributed by atoms with E-state index in [1.807, 2.05) is 30.3 Å². The molecule has 0 N–H and O–H groups in total. The Kier molecular flexibility index (Phi) is 5.26. The van der Waals surface area contributed by atoms with E-state index in [2.05, 4.69) is 15.9 Å². The van der Waals surface area contributed by atoms with Crippen molar-refractivity contribution in [1.29, 1.82) is 0 Å². The van der Waals surface area contributed by atoms with Crippen molar-refractivity contribution in [3.05, 3.63) is 92.9 Å². The summed E-state index contributed by atoms with van der Waals surface area (Å²) >= 11 is 16.0. The largest absolute Gasteiger partial charge is 0.273 e. The molecule has 0 aromatic heterocycles. The van der Waals surface area contributed by atoms with Crippen molar-refractivity contribution in [2.24, 2.45) is 5.92 Å². The lowest BCUT2D eigenvalue weighted by molar-refractivity contribution is -0.126. The molecule has 3 aromatic rings. The SMILES string of the molecule is O=C1[C@@H]2[C@H](ON(c3ccccc3)[C@H]2c2ccc(Cl)cc2Cl)C(=O)N1c1ccc(Br)cc1. The van der Waals surface area contributed by atoms with E-state index in [-0.39, 0.29) is 5.91 Å². The van der Waals surface area contributed by atoms with Crippen LogP contribution in [0.4, 0.5) is 11.4 Å². The average Bonchev–Trinajstić information content (AvgIpc) is 3.26. The smallest absolute Gasteiger partial charge is 0.266 e. The van der Waals surface area contributed by atoms with Gasteiger partial charge in [-0.1, -0.05) is 63.4 Å². The number of amides is 2. The predicted octanol–water partition coefficient (Wildman–Crippen LogP) is 5.81. The van der Waals surface area contributed by atoms with Gasteiger partial charge in [0.15, 0.2) is 6.10 Å². The van der Waals surface area contributed by atoms with Crippen molar-refractivity contribution >= 4 is 62.3 Å². The fraction of sp³-hybridized carbons (Fsp3) is 0.130. The number of hydrogen-bond acceptors (Lipinski definition) is 4. The zero-order valence-corrected chi connectivity index (χ0v) is 19.0. The number of rotatable bonds is 3. The molecule has 5 rings (SSSR count). The molecule has 0 radical (unpaired) electrons. The van der Waals surface area contributed by atoms with Crippen molar-refractivity contribution in [2.45, 2.75) is 12.1 Å². The van der Waals surface area contributed by atoms with Gasteiger partial charge in [0, 0.05) is 14.5 Å². The summed E-state index contributed by atoms with van der Waals surface area (Å²) in [6.07, 6.45) is -0.951. The molecule has 156 valence electrons. The van der Waals surface area contributed by atoms with Crippen molar-refractivity contribution < 1.29 is 14.4 Å². The van der Waals surface area contributed by atoms with Crippen molar-refractivity contribution in [3.8, 4) is 0 Å². The summed E-state index contributed by atoms with van der Waals surface area (Å²) in [6, 6.07) is 20.9. The Morgan fingerprint density at radius 1 is 0.839 bits per heavy atom. The number of hydrogen-bond donors (Lipinski definition) is 0. The van der Waals surface area contributed by atoms with E-state index in [0.717, 1.165) is 10.2 Å². The highest BCUT2D eigenvalue weighted by atomic mass is 79.9. The highest BCUT2D eigenvalue weighted by molar-refractivity contribution is 9.10. The zero-order chi connectivity index (χ0) is 21.7. The van der Waals surface area contributed by atoms with Crippen LogP contribution in [-0.2, 0) is 14.4 Å². The maximum Gasteiger partial charge on any atom is 0.266 e. The van der Waals surface area contributed by atoms with Gasteiger partial charge in [0.05, 0.1) is 17.4 Å². The van der Waals surface area contributed by atoms with Gasteiger partial charge in [0.2, 0.25) is 5.91 Å². The Morgan fingerprint density at radius 2 is 1.55 bits per heavy atom. The molecule has 2 aliphatic rings. The predicted molar refractivity (Wildman–Crippen MR) is 123 cm³/mol. The van der Waals surface area contributed by atoms with Gasteiger partial charge in [-0.15, -0.1) is 0 Å². The average molecular weight is 518 g/mol. The number of halogens is 3. The van der Waals surface area contributed by atoms with Crippen LogP contribution in [0.2, 0.25) is 10.0 Å². The highest BCUT2D eigenvalue weighted by Gasteiger charge is 2.60. The van der Waals surface area contributed by atoms with Gasteiger partial charge in [0.1, 0.15) is 5.92 Å². The van der Waals surface area contributed by atoms with Gasteiger partial charge < -0.3 is 0 Å². The van der Waals surface area contributed by atoms with Crippen LogP contribution in [0.5, 0.6) is 0 Å². The van der Waals surface area contributed by atoms with E-state index in [1.54, 1.807) is 47.5 Å². The second-order valence-electron chi connectivity index (χ2n) is 7.31. The van der Waals surface area contributed by atoms with Crippen LogP contribution in [0.25, 0.3) is 0 Å². The number of para-hydroxylation sites is 1. The van der Waals surface area contributed by atoms with Crippen molar-refractivity contribution in [3.63, 3.8) is 0 Å². The summed E-state index contributed by atoms with van der Waals surface area (Å²) in [5.74, 6) is -1.48. The Balaban J connectivity index is 1.61. The highest BCUT2D eigenvalue weighted by Crippen LogP contribution is 2.49. The third-order valence-corrected chi connectivity index (χ3v) is 6.58. The molecule has 5 nitrogen and oxygen atoms in total. The standard InChI is InChI=1S/C23H15BrCl2N2O3/c24-13-6-9-15(10-7-13)27-22(29)19-20(17-11-8-14(25)12-18(17)26)28(31-21(19)23(27)30)16-4-2-1-3-5-16/h1-12,19-21H/t19-,20-,21-/m0/s1. The summed E-state index contributed by atoms with van der Waals surface area (Å²) in [7, 11) is 0. The van der Waals surface area contributed by atoms with Crippen LogP contribution < -0.4 is 9.96 Å². The molecule has 2 amide bonds. The summed E-state index contributed by atoms with van der Waals surface area (Å²) in [5, 5.41) is 2.50. The van der Waals surface area contributed by atoms with Gasteiger partial charge in [-0.3, -0.25) is 14.4 Å². The first-order chi connectivity index (χ1) is 15.0. The maximum atomic E-state index is 13.5. The fourth-order valence-electron chi connectivity index (χ4n) is 4.12. The third-order valence-electron chi connectivity index (χ3n) is 5.49. The number of anilines is 2. The number of carbonyl (C=O) groups excluding carboxylic acids is 2. The van der Waals surface area contributed by atoms with Crippen LogP contribution in [0, 0.1) is 5.92 Å². The Bertz CT molecular complexity index is 1170. The van der Waals surface area contributed by atoms with Gasteiger partial charge >= 0.3 is 0 Å². The van der Waals surface area contributed by atoms with Crippen LogP contribution in [0.15, 0.2) is 77.3 Å². The summed E-state index contributed by atoms with van der Waals surface area (Å²) < 4.78 is 0.855. The number of hydroxylamine groups is 1. The van der Waals surface area contributed by atoms with Crippen molar-refractivity contribution in [2.75, 3.05) is 9.96 Å². The van der Waals surface area contributed by atoms with E-state index < -0.39 is 24.0 Å². The molecule has 8 heteroatoms. The van der Waals surface area contributed by atoms with Gasteiger partial charge in [-0.25, -0.2) is 9.96 Å². The molecular formula is C23H15BrCl2N2O3. The van der Waals surface area contributed by atoms with Crippen molar-refractivity contribution in [1.82, 2.24) is 0 Å². The first kappa shape index (κ1) is 20.5. The molecule has 2 aliphatic heterocycles. The lowest BCUT2D eigenvalue weighted by Gasteiger charge is -2.29. The minimum absolute atomic E-state index is 0.327. The molecule has 31 heavy (non-hydrogen) atoms. The summed E-state index contributed by atoms with van der Waals surface area (Å²) in [5.41, 5.74) is 1.90. The first-order valence-corrected chi connectivity index (χ1v) is 11.1. The normalized spacial score (nSPS) is 22.9. The van der Waals surface area contributed by atoms with E-state index in [0.29, 0.717) is 21.3 Å². The van der Waals surface area contributed by atoms with E-state index in [1.165, 1.54) is 4.90 Å². The Labute approximate surface area is 197 Å². The summed E-state index contributed by atoms with van der Waals surface area (Å²) in [6.45, 7) is 0. The lowest BCUT2D eigenvalue weighted by Crippen LogP contribution is -2.37. The monoisotopic (exact) mass is 516 g/mol. The van der Waals surface area contributed by atoms with Crippen LogP contribution >= 0.6 is 39.1 Å². The number of nitrogens with zero attached hydrogens (tertiary/aromatic N) is 2. The van der Waals surface area contributed by atoms with Gasteiger partial charge in [0.25, 0.3) is 5.91 Å². The summed E-state index contributed by atoms with van der Waals surface area (Å²) in [4.78, 5) is 34.1. The number of carbonyl (C=O) groups is 2. The molecule has 3 aromatic carbocycles. The maximum absolute atomic E-state index is 13.5. The molecular weight excluding hydrogens is 503 g/mol.